The number of piperidine rings is 1. The number of hydrogen-bond donors (Lipinski definition) is 1. The molecule has 1 aromatic heterocycles. The second-order valence-corrected chi connectivity index (χ2v) is 7.31. The summed E-state index contributed by atoms with van der Waals surface area (Å²) in [5.41, 5.74) is 2.55. The van der Waals surface area contributed by atoms with Gasteiger partial charge in [0.05, 0.1) is 6.33 Å². The molecule has 2 aliphatic rings. The van der Waals surface area contributed by atoms with Crippen LogP contribution in [-0.4, -0.2) is 39.5 Å². The van der Waals surface area contributed by atoms with Gasteiger partial charge in [-0.2, -0.15) is 0 Å². The summed E-state index contributed by atoms with van der Waals surface area (Å²) in [7, 11) is 0. The lowest BCUT2D eigenvalue weighted by atomic mass is 9.94. The van der Waals surface area contributed by atoms with Crippen molar-refractivity contribution in [2.75, 3.05) is 13.1 Å². The second-order valence-electron chi connectivity index (χ2n) is 7.31. The number of rotatable bonds is 4. The second kappa shape index (κ2) is 7.40. The van der Waals surface area contributed by atoms with Gasteiger partial charge in [-0.05, 0) is 24.8 Å². The number of nitrogens with zero attached hydrogens (tertiary/aromatic N) is 3. The first kappa shape index (κ1) is 16.3. The Morgan fingerprint density at radius 1 is 1.12 bits per heavy atom. The standard InChI is InChI=1S/C20H26N4O/c25-20(17-6-11-24-15-21-13-19(24)12-17)22-18-7-9-23(10-8-18)14-16-4-2-1-3-5-16/h1-5,13,15,17-18H,6-12,14H2,(H,22,25). The third-order valence-electron chi connectivity index (χ3n) is 5.53. The number of fused-ring (bicyclic) bond motifs is 1. The minimum Gasteiger partial charge on any atom is -0.353 e. The molecule has 0 bridgehead atoms. The van der Waals surface area contributed by atoms with E-state index in [-0.39, 0.29) is 11.8 Å². The first-order valence-corrected chi connectivity index (χ1v) is 9.33. The number of likely N-dealkylation sites (tertiary alicyclic amines) is 1. The molecule has 1 atom stereocenters. The molecule has 2 aliphatic heterocycles. The fraction of sp³-hybridized carbons (Fsp3) is 0.500. The highest BCUT2D eigenvalue weighted by molar-refractivity contribution is 5.79. The molecule has 132 valence electrons. The summed E-state index contributed by atoms with van der Waals surface area (Å²) in [4.78, 5) is 19.3. The van der Waals surface area contributed by atoms with Gasteiger partial charge in [0.25, 0.3) is 0 Å². The quantitative estimate of drug-likeness (QED) is 0.930. The van der Waals surface area contributed by atoms with E-state index in [1.807, 2.05) is 12.5 Å². The van der Waals surface area contributed by atoms with Gasteiger partial charge < -0.3 is 9.88 Å². The van der Waals surface area contributed by atoms with Crippen molar-refractivity contribution in [2.45, 2.75) is 44.8 Å². The first-order chi connectivity index (χ1) is 12.3. The fourth-order valence-corrected chi connectivity index (χ4v) is 3.99. The lowest BCUT2D eigenvalue weighted by Crippen LogP contribution is -2.47. The van der Waals surface area contributed by atoms with Gasteiger partial charge in [-0.15, -0.1) is 0 Å². The fourth-order valence-electron chi connectivity index (χ4n) is 3.99. The van der Waals surface area contributed by atoms with Crippen molar-refractivity contribution in [2.24, 2.45) is 5.92 Å². The summed E-state index contributed by atoms with van der Waals surface area (Å²) >= 11 is 0. The Bertz CT molecular complexity index is 703. The number of amides is 1. The molecule has 1 saturated heterocycles. The molecule has 1 fully saturated rings. The highest BCUT2D eigenvalue weighted by Crippen LogP contribution is 2.21. The van der Waals surface area contributed by atoms with Crippen LogP contribution in [0.5, 0.6) is 0 Å². The van der Waals surface area contributed by atoms with Gasteiger partial charge in [0.15, 0.2) is 0 Å². The zero-order valence-electron chi connectivity index (χ0n) is 14.6. The normalized spacial score (nSPS) is 21.7. The lowest BCUT2D eigenvalue weighted by Gasteiger charge is -2.33. The molecule has 5 heteroatoms. The van der Waals surface area contributed by atoms with E-state index in [4.69, 9.17) is 0 Å². The summed E-state index contributed by atoms with van der Waals surface area (Å²) in [5.74, 6) is 0.334. The van der Waals surface area contributed by atoms with E-state index >= 15 is 0 Å². The summed E-state index contributed by atoms with van der Waals surface area (Å²) in [5, 5.41) is 3.30. The maximum Gasteiger partial charge on any atom is 0.223 e. The molecule has 0 radical (unpaired) electrons. The Kier molecular flexibility index (Phi) is 4.83. The molecule has 0 spiro atoms. The molecule has 1 amide bonds. The van der Waals surface area contributed by atoms with E-state index in [9.17, 15) is 4.79 Å². The van der Waals surface area contributed by atoms with E-state index in [2.05, 4.69) is 50.1 Å². The minimum absolute atomic E-state index is 0.103. The van der Waals surface area contributed by atoms with Crippen molar-refractivity contribution in [1.29, 1.82) is 0 Å². The summed E-state index contributed by atoms with van der Waals surface area (Å²) in [6.45, 7) is 4.02. The van der Waals surface area contributed by atoms with E-state index in [0.29, 0.717) is 6.04 Å². The predicted octanol–water partition coefficient (Wildman–Crippen LogP) is 2.23. The van der Waals surface area contributed by atoms with Gasteiger partial charge in [-0.1, -0.05) is 30.3 Å². The van der Waals surface area contributed by atoms with Gasteiger partial charge in [-0.25, -0.2) is 4.98 Å². The van der Waals surface area contributed by atoms with E-state index in [1.165, 1.54) is 11.3 Å². The third-order valence-corrected chi connectivity index (χ3v) is 5.53. The Morgan fingerprint density at radius 3 is 2.72 bits per heavy atom. The molecule has 0 aliphatic carbocycles. The number of nitrogens with one attached hydrogen (secondary N) is 1. The number of carbonyl (C=O) groups excluding carboxylic acids is 1. The largest absolute Gasteiger partial charge is 0.353 e. The van der Waals surface area contributed by atoms with Crippen LogP contribution in [0.15, 0.2) is 42.9 Å². The maximum absolute atomic E-state index is 12.6. The first-order valence-electron chi connectivity index (χ1n) is 9.33. The molecule has 1 N–H and O–H groups in total. The lowest BCUT2D eigenvalue weighted by molar-refractivity contribution is -0.126. The Morgan fingerprint density at radius 2 is 1.92 bits per heavy atom. The van der Waals surface area contributed by atoms with Gasteiger partial charge >= 0.3 is 0 Å². The van der Waals surface area contributed by atoms with Crippen molar-refractivity contribution < 1.29 is 4.79 Å². The summed E-state index contributed by atoms with van der Waals surface area (Å²) in [6.07, 6.45) is 7.58. The summed E-state index contributed by atoms with van der Waals surface area (Å²) < 4.78 is 2.16. The SMILES string of the molecule is O=C(NC1CCN(Cc2ccccc2)CC1)C1CCn2cncc2C1. The zero-order valence-corrected chi connectivity index (χ0v) is 14.6. The van der Waals surface area contributed by atoms with Crippen LogP contribution in [0.3, 0.4) is 0 Å². The third kappa shape index (κ3) is 3.93. The van der Waals surface area contributed by atoms with Gasteiger partial charge in [-0.3, -0.25) is 9.69 Å². The number of aryl methyl sites for hydroxylation is 1. The smallest absolute Gasteiger partial charge is 0.223 e. The molecule has 5 nitrogen and oxygen atoms in total. The highest BCUT2D eigenvalue weighted by atomic mass is 16.1. The van der Waals surface area contributed by atoms with E-state index in [0.717, 1.165) is 51.9 Å². The van der Waals surface area contributed by atoms with E-state index < -0.39 is 0 Å². The van der Waals surface area contributed by atoms with Crippen LogP contribution in [-0.2, 0) is 24.3 Å². The van der Waals surface area contributed by atoms with Gasteiger partial charge in [0, 0.05) is 56.5 Å². The van der Waals surface area contributed by atoms with Crippen LogP contribution in [0, 0.1) is 5.92 Å². The van der Waals surface area contributed by atoms with Crippen molar-refractivity contribution in [1.82, 2.24) is 19.8 Å². The number of aromatic nitrogens is 2. The number of hydrogen-bond acceptors (Lipinski definition) is 3. The number of imidazole rings is 1. The molecule has 1 unspecified atom stereocenters. The zero-order chi connectivity index (χ0) is 17.1. The van der Waals surface area contributed by atoms with Gasteiger partial charge in [0.1, 0.15) is 0 Å². The molecule has 1 aromatic carbocycles. The Hall–Kier alpha value is -2.14. The molecule has 2 aromatic rings. The number of carbonyl (C=O) groups is 1. The van der Waals surface area contributed by atoms with Crippen LogP contribution < -0.4 is 5.32 Å². The molecular weight excluding hydrogens is 312 g/mol. The topological polar surface area (TPSA) is 50.2 Å². The van der Waals surface area contributed by atoms with Crippen LogP contribution in [0.1, 0.15) is 30.5 Å². The molecule has 0 saturated carbocycles. The van der Waals surface area contributed by atoms with Crippen molar-refractivity contribution in [3.8, 4) is 0 Å². The number of benzene rings is 1. The van der Waals surface area contributed by atoms with Crippen LogP contribution in [0.4, 0.5) is 0 Å². The Labute approximate surface area is 149 Å². The maximum atomic E-state index is 12.6. The van der Waals surface area contributed by atoms with Crippen LogP contribution in [0.25, 0.3) is 0 Å². The molecular formula is C20H26N4O. The highest BCUT2D eigenvalue weighted by Gasteiger charge is 2.27. The molecule has 3 heterocycles. The Balaban J connectivity index is 1.24. The molecule has 4 rings (SSSR count). The van der Waals surface area contributed by atoms with Gasteiger partial charge in [0.2, 0.25) is 5.91 Å². The predicted molar refractivity (Wildman–Crippen MR) is 96.9 cm³/mol. The minimum atomic E-state index is 0.103. The molecule has 25 heavy (non-hydrogen) atoms. The summed E-state index contributed by atoms with van der Waals surface area (Å²) in [6, 6.07) is 10.9. The monoisotopic (exact) mass is 338 g/mol. The van der Waals surface area contributed by atoms with Crippen molar-refractivity contribution >= 4 is 5.91 Å². The van der Waals surface area contributed by atoms with Crippen molar-refractivity contribution in [3.05, 3.63) is 54.1 Å². The average molecular weight is 338 g/mol. The van der Waals surface area contributed by atoms with Crippen LogP contribution in [0.2, 0.25) is 0 Å². The van der Waals surface area contributed by atoms with Crippen molar-refractivity contribution in [3.63, 3.8) is 0 Å². The average Bonchev–Trinajstić information content (AvgIpc) is 3.12. The van der Waals surface area contributed by atoms with E-state index in [1.54, 1.807) is 0 Å². The van der Waals surface area contributed by atoms with Crippen LogP contribution >= 0.6 is 0 Å².